The standard InChI is InChI=1S/C28H40N6O3/c1-7-24(35)33-15-11-14-21(16-33)26(36)31-25(29)22-17-34(28(3,4)19(22)2)27(37)30-23(18-32(5)6)20-12-9-8-10-13-20/h7-10,12-13,21,23H,1,11,14-18H2,2-6H3,(H,30,37)(H2,29,31,36)/t21-,23+/m0/s1. The first-order chi connectivity index (χ1) is 17.4. The van der Waals surface area contributed by atoms with E-state index in [1.807, 2.05) is 70.1 Å². The Bertz CT molecular complexity index is 1080. The number of likely N-dealkylation sites (N-methyl/N-ethyl adjacent to an activating group) is 1. The lowest BCUT2D eigenvalue weighted by Gasteiger charge is -2.35. The highest BCUT2D eigenvalue weighted by Gasteiger charge is 2.42. The number of rotatable bonds is 7. The first-order valence-corrected chi connectivity index (χ1v) is 12.7. The molecular formula is C28H40N6O3. The number of nitrogens with zero attached hydrogens (tertiary/aromatic N) is 3. The summed E-state index contributed by atoms with van der Waals surface area (Å²) in [6.07, 6.45) is 2.64. The van der Waals surface area contributed by atoms with Crippen LogP contribution >= 0.6 is 0 Å². The average molecular weight is 509 g/mol. The van der Waals surface area contributed by atoms with Gasteiger partial charge in [0.25, 0.3) is 0 Å². The molecule has 0 spiro atoms. The van der Waals surface area contributed by atoms with E-state index in [-0.39, 0.29) is 42.2 Å². The van der Waals surface area contributed by atoms with Crippen LogP contribution in [0.5, 0.6) is 0 Å². The Hall–Kier alpha value is -3.46. The summed E-state index contributed by atoms with van der Waals surface area (Å²) >= 11 is 0. The maximum absolute atomic E-state index is 13.5. The first kappa shape index (κ1) is 28.1. The first-order valence-electron chi connectivity index (χ1n) is 12.7. The minimum absolute atomic E-state index is 0.00551. The molecule has 1 saturated heterocycles. The van der Waals surface area contributed by atoms with Gasteiger partial charge in [0, 0.05) is 25.2 Å². The number of piperidine rings is 1. The topological polar surface area (TPSA) is 109 Å². The summed E-state index contributed by atoms with van der Waals surface area (Å²) in [7, 11) is 3.93. The predicted octanol–water partition coefficient (Wildman–Crippen LogP) is 2.93. The quantitative estimate of drug-likeness (QED) is 0.299. The van der Waals surface area contributed by atoms with Gasteiger partial charge in [-0.25, -0.2) is 4.79 Å². The third-order valence-electron chi connectivity index (χ3n) is 7.48. The monoisotopic (exact) mass is 508 g/mol. The third kappa shape index (κ3) is 6.46. The van der Waals surface area contributed by atoms with Gasteiger partial charge < -0.3 is 25.3 Å². The van der Waals surface area contributed by atoms with Gasteiger partial charge in [0.2, 0.25) is 11.8 Å². The number of likely N-dealkylation sites (tertiary alicyclic amines) is 1. The summed E-state index contributed by atoms with van der Waals surface area (Å²) in [6.45, 7) is 11.1. The zero-order valence-electron chi connectivity index (χ0n) is 22.6. The van der Waals surface area contributed by atoms with Crippen LogP contribution in [0.2, 0.25) is 0 Å². The molecule has 0 radical (unpaired) electrons. The van der Waals surface area contributed by atoms with Crippen LogP contribution < -0.4 is 10.6 Å². The maximum atomic E-state index is 13.5. The molecule has 4 amide bonds. The van der Waals surface area contributed by atoms with E-state index in [1.54, 1.807) is 9.80 Å². The highest BCUT2D eigenvalue weighted by Crippen LogP contribution is 2.34. The zero-order chi connectivity index (χ0) is 27.3. The molecule has 3 rings (SSSR count). The van der Waals surface area contributed by atoms with E-state index in [9.17, 15) is 14.4 Å². The van der Waals surface area contributed by atoms with Crippen LogP contribution in [-0.2, 0) is 9.59 Å². The molecule has 3 N–H and O–H groups in total. The molecule has 2 aliphatic rings. The zero-order valence-corrected chi connectivity index (χ0v) is 22.6. The summed E-state index contributed by atoms with van der Waals surface area (Å²) in [6, 6.07) is 9.43. The van der Waals surface area contributed by atoms with Crippen LogP contribution in [0.3, 0.4) is 0 Å². The van der Waals surface area contributed by atoms with Gasteiger partial charge in [0.15, 0.2) is 0 Å². The molecule has 2 heterocycles. The number of carbonyl (C=O) groups is 3. The fourth-order valence-electron chi connectivity index (χ4n) is 4.97. The smallest absolute Gasteiger partial charge is 0.318 e. The SMILES string of the molecule is C=CC(=O)N1CCC[C@H](C(=O)NC(=N)C2=C(C)C(C)(C)N(C(=O)N[C@H](CN(C)C)c3ccccc3)C2)C1. The Balaban J connectivity index is 1.69. The average Bonchev–Trinajstić information content (AvgIpc) is 3.12. The van der Waals surface area contributed by atoms with Crippen LogP contribution in [0.1, 0.15) is 45.2 Å². The van der Waals surface area contributed by atoms with Crippen LogP contribution in [-0.4, -0.2) is 84.2 Å². The minimum Gasteiger partial charge on any atom is -0.338 e. The van der Waals surface area contributed by atoms with E-state index < -0.39 is 5.54 Å². The Morgan fingerprint density at radius 2 is 1.92 bits per heavy atom. The fraction of sp³-hybridized carbons (Fsp3) is 0.500. The number of amidine groups is 1. The summed E-state index contributed by atoms with van der Waals surface area (Å²) in [4.78, 5) is 43.8. The van der Waals surface area contributed by atoms with Crippen LogP contribution in [0, 0.1) is 11.3 Å². The molecule has 9 heteroatoms. The van der Waals surface area contributed by atoms with Gasteiger partial charge in [0.05, 0.1) is 24.0 Å². The van der Waals surface area contributed by atoms with Crippen molar-refractivity contribution >= 4 is 23.7 Å². The van der Waals surface area contributed by atoms with Crippen molar-refractivity contribution < 1.29 is 14.4 Å². The Kier molecular flexibility index (Phi) is 8.91. The van der Waals surface area contributed by atoms with Crippen molar-refractivity contribution in [1.82, 2.24) is 25.3 Å². The van der Waals surface area contributed by atoms with Crippen LogP contribution in [0.4, 0.5) is 4.79 Å². The van der Waals surface area contributed by atoms with Crippen molar-refractivity contribution in [2.24, 2.45) is 5.92 Å². The Morgan fingerprint density at radius 3 is 2.54 bits per heavy atom. The summed E-state index contributed by atoms with van der Waals surface area (Å²) in [5.41, 5.74) is 1.88. The molecule has 2 aliphatic heterocycles. The highest BCUT2D eigenvalue weighted by atomic mass is 16.2. The largest absolute Gasteiger partial charge is 0.338 e. The minimum atomic E-state index is -0.631. The molecule has 200 valence electrons. The van der Waals surface area contributed by atoms with E-state index in [0.29, 0.717) is 31.6 Å². The number of nitrogens with one attached hydrogen (secondary N) is 3. The second kappa shape index (κ2) is 11.7. The van der Waals surface area contributed by atoms with Crippen molar-refractivity contribution in [2.45, 2.75) is 45.2 Å². The lowest BCUT2D eigenvalue weighted by molar-refractivity contribution is -0.131. The third-order valence-corrected chi connectivity index (χ3v) is 7.48. The van der Waals surface area contributed by atoms with E-state index in [1.165, 1.54) is 6.08 Å². The number of amides is 4. The van der Waals surface area contributed by atoms with Gasteiger partial charge in [-0.3, -0.25) is 15.0 Å². The van der Waals surface area contributed by atoms with Gasteiger partial charge >= 0.3 is 6.03 Å². The lowest BCUT2D eigenvalue weighted by Crippen LogP contribution is -2.51. The van der Waals surface area contributed by atoms with Crippen molar-refractivity contribution in [3.63, 3.8) is 0 Å². The van der Waals surface area contributed by atoms with E-state index >= 15 is 0 Å². The second-order valence-electron chi connectivity index (χ2n) is 10.6. The number of benzene rings is 1. The summed E-state index contributed by atoms with van der Waals surface area (Å²) in [5.74, 6) is -0.840. The van der Waals surface area contributed by atoms with Gasteiger partial charge in [-0.15, -0.1) is 0 Å². The van der Waals surface area contributed by atoms with Crippen molar-refractivity contribution in [3.05, 3.63) is 59.7 Å². The molecule has 0 aromatic heterocycles. The van der Waals surface area contributed by atoms with Gasteiger partial charge in [-0.2, -0.15) is 0 Å². The maximum Gasteiger partial charge on any atom is 0.318 e. The molecule has 2 atom stereocenters. The molecule has 1 aromatic carbocycles. The molecule has 0 bridgehead atoms. The van der Waals surface area contributed by atoms with Gasteiger partial charge in [-0.05, 0) is 64.9 Å². The van der Waals surface area contributed by atoms with Crippen LogP contribution in [0.15, 0.2) is 54.1 Å². The van der Waals surface area contributed by atoms with E-state index in [4.69, 9.17) is 5.41 Å². The number of urea groups is 1. The molecule has 0 unspecified atom stereocenters. The van der Waals surface area contributed by atoms with Crippen molar-refractivity contribution in [1.29, 1.82) is 5.41 Å². The molecule has 0 saturated carbocycles. The van der Waals surface area contributed by atoms with Gasteiger partial charge in [0.1, 0.15) is 5.84 Å². The normalized spacial score (nSPS) is 20.0. The lowest BCUT2D eigenvalue weighted by atomic mass is 9.94. The van der Waals surface area contributed by atoms with E-state index in [2.05, 4.69) is 17.2 Å². The molecule has 9 nitrogen and oxygen atoms in total. The summed E-state index contributed by atoms with van der Waals surface area (Å²) < 4.78 is 0. The molecule has 1 aromatic rings. The van der Waals surface area contributed by atoms with Crippen molar-refractivity contribution in [3.8, 4) is 0 Å². The number of hydrogen-bond acceptors (Lipinski definition) is 5. The number of hydrogen-bond donors (Lipinski definition) is 3. The summed E-state index contributed by atoms with van der Waals surface area (Å²) in [5, 5.41) is 14.6. The van der Waals surface area contributed by atoms with Crippen LogP contribution in [0.25, 0.3) is 0 Å². The number of carbonyl (C=O) groups excluding carboxylic acids is 3. The Labute approximate surface area is 220 Å². The Morgan fingerprint density at radius 1 is 1.24 bits per heavy atom. The van der Waals surface area contributed by atoms with E-state index in [0.717, 1.165) is 17.6 Å². The fourth-order valence-corrected chi connectivity index (χ4v) is 4.97. The van der Waals surface area contributed by atoms with Crippen molar-refractivity contribution in [2.75, 3.05) is 40.3 Å². The molecule has 1 fully saturated rings. The molecule has 37 heavy (non-hydrogen) atoms. The van der Waals surface area contributed by atoms with Gasteiger partial charge in [-0.1, -0.05) is 36.9 Å². The second-order valence-corrected chi connectivity index (χ2v) is 10.6. The molecular weight excluding hydrogens is 468 g/mol. The highest BCUT2D eigenvalue weighted by molar-refractivity contribution is 6.08. The molecule has 0 aliphatic carbocycles. The predicted molar refractivity (Wildman–Crippen MR) is 145 cm³/mol.